The summed E-state index contributed by atoms with van der Waals surface area (Å²) in [5.74, 6) is 0.798. The fourth-order valence-electron chi connectivity index (χ4n) is 2.83. The molecule has 1 heterocycles. The second-order valence-corrected chi connectivity index (χ2v) is 6.92. The quantitative estimate of drug-likeness (QED) is 0.678. The highest BCUT2D eigenvalue weighted by Gasteiger charge is 2.20. The minimum Gasteiger partial charge on any atom is -0.497 e. The van der Waals surface area contributed by atoms with Crippen molar-refractivity contribution in [2.75, 3.05) is 20.2 Å². The molecule has 2 amide bonds. The van der Waals surface area contributed by atoms with E-state index in [0.717, 1.165) is 11.3 Å². The van der Waals surface area contributed by atoms with Gasteiger partial charge in [0.05, 0.1) is 18.0 Å². The standard InChI is InChI=1S/C20H26N2O3S/c1-4-22(15(2)16-8-5-9-17(14-16)25-3)19(23)11-6-12-21-20(24)18-10-7-13-26-18/h5,7-10,13-15H,4,6,11-12H2,1-3H3,(H,21,24). The number of benzene rings is 1. The van der Waals surface area contributed by atoms with Gasteiger partial charge in [0, 0.05) is 19.5 Å². The first-order valence-corrected chi connectivity index (χ1v) is 9.70. The lowest BCUT2D eigenvalue weighted by Gasteiger charge is -2.29. The number of hydrogen-bond acceptors (Lipinski definition) is 4. The zero-order valence-electron chi connectivity index (χ0n) is 15.5. The molecular formula is C20H26N2O3S. The van der Waals surface area contributed by atoms with Crippen molar-refractivity contribution in [3.8, 4) is 5.75 Å². The monoisotopic (exact) mass is 374 g/mol. The van der Waals surface area contributed by atoms with E-state index in [-0.39, 0.29) is 17.9 Å². The van der Waals surface area contributed by atoms with E-state index in [0.29, 0.717) is 30.8 Å². The number of nitrogens with one attached hydrogen (secondary N) is 1. The molecule has 5 nitrogen and oxygen atoms in total. The molecule has 0 aliphatic carbocycles. The summed E-state index contributed by atoms with van der Waals surface area (Å²) in [4.78, 5) is 27.0. The van der Waals surface area contributed by atoms with E-state index in [2.05, 4.69) is 5.32 Å². The van der Waals surface area contributed by atoms with Crippen LogP contribution >= 0.6 is 11.3 Å². The SMILES string of the molecule is CCN(C(=O)CCCNC(=O)c1cccs1)C(C)c1cccc(OC)c1. The Morgan fingerprint density at radius 3 is 2.73 bits per heavy atom. The largest absolute Gasteiger partial charge is 0.497 e. The summed E-state index contributed by atoms with van der Waals surface area (Å²) in [7, 11) is 1.64. The molecule has 0 saturated heterocycles. The van der Waals surface area contributed by atoms with Crippen molar-refractivity contribution in [3.05, 3.63) is 52.2 Å². The molecule has 0 fully saturated rings. The molecular weight excluding hydrogens is 348 g/mol. The van der Waals surface area contributed by atoms with Crippen molar-refractivity contribution in [2.45, 2.75) is 32.7 Å². The topological polar surface area (TPSA) is 58.6 Å². The minimum atomic E-state index is -0.0791. The Balaban J connectivity index is 1.84. The van der Waals surface area contributed by atoms with Crippen LogP contribution in [0, 0.1) is 0 Å². The summed E-state index contributed by atoms with van der Waals surface area (Å²) in [5, 5.41) is 4.73. The van der Waals surface area contributed by atoms with Crippen molar-refractivity contribution in [3.63, 3.8) is 0 Å². The van der Waals surface area contributed by atoms with Gasteiger partial charge in [-0.05, 0) is 49.4 Å². The van der Waals surface area contributed by atoms with Gasteiger partial charge in [-0.1, -0.05) is 18.2 Å². The highest BCUT2D eigenvalue weighted by atomic mass is 32.1. The number of amides is 2. The van der Waals surface area contributed by atoms with Crippen LogP contribution in [0.1, 0.15) is 48.0 Å². The third kappa shape index (κ3) is 5.33. The summed E-state index contributed by atoms with van der Waals surface area (Å²) < 4.78 is 5.27. The minimum absolute atomic E-state index is 0.0247. The zero-order chi connectivity index (χ0) is 18.9. The number of nitrogens with zero attached hydrogens (tertiary/aromatic N) is 1. The van der Waals surface area contributed by atoms with Crippen molar-refractivity contribution < 1.29 is 14.3 Å². The first-order valence-electron chi connectivity index (χ1n) is 8.82. The van der Waals surface area contributed by atoms with Crippen LogP contribution in [0.3, 0.4) is 0 Å². The van der Waals surface area contributed by atoms with Gasteiger partial charge in [-0.15, -0.1) is 11.3 Å². The second kappa shape index (κ2) is 9.97. The van der Waals surface area contributed by atoms with Gasteiger partial charge < -0.3 is 15.0 Å². The van der Waals surface area contributed by atoms with Gasteiger partial charge in [-0.25, -0.2) is 0 Å². The smallest absolute Gasteiger partial charge is 0.261 e. The third-order valence-electron chi connectivity index (χ3n) is 4.30. The second-order valence-electron chi connectivity index (χ2n) is 5.97. The predicted molar refractivity (Wildman–Crippen MR) is 105 cm³/mol. The Hall–Kier alpha value is -2.34. The van der Waals surface area contributed by atoms with Gasteiger partial charge in [-0.3, -0.25) is 9.59 Å². The Kier molecular flexibility index (Phi) is 7.66. The summed E-state index contributed by atoms with van der Waals surface area (Å²) in [5.41, 5.74) is 1.05. The first kappa shape index (κ1) is 20.0. The van der Waals surface area contributed by atoms with Crippen LogP contribution in [0.5, 0.6) is 5.75 Å². The number of carbonyl (C=O) groups is 2. The van der Waals surface area contributed by atoms with Crippen LogP contribution in [0.4, 0.5) is 0 Å². The lowest BCUT2D eigenvalue weighted by atomic mass is 10.1. The maximum atomic E-state index is 12.6. The van der Waals surface area contributed by atoms with Crippen molar-refractivity contribution in [1.82, 2.24) is 10.2 Å². The Morgan fingerprint density at radius 1 is 1.27 bits per heavy atom. The van der Waals surface area contributed by atoms with E-state index >= 15 is 0 Å². The fraction of sp³-hybridized carbons (Fsp3) is 0.400. The van der Waals surface area contributed by atoms with Crippen LogP contribution < -0.4 is 10.1 Å². The van der Waals surface area contributed by atoms with Crippen LogP contribution in [-0.2, 0) is 4.79 Å². The van der Waals surface area contributed by atoms with E-state index in [1.54, 1.807) is 13.2 Å². The Bertz CT molecular complexity index is 716. The molecule has 0 spiro atoms. The average Bonchev–Trinajstić information content (AvgIpc) is 3.20. The van der Waals surface area contributed by atoms with Crippen molar-refractivity contribution in [2.24, 2.45) is 0 Å². The molecule has 1 atom stereocenters. The number of ether oxygens (including phenoxy) is 1. The molecule has 6 heteroatoms. The molecule has 0 aliphatic heterocycles. The normalized spacial score (nSPS) is 11.7. The maximum Gasteiger partial charge on any atom is 0.261 e. The lowest BCUT2D eigenvalue weighted by molar-refractivity contribution is -0.133. The zero-order valence-corrected chi connectivity index (χ0v) is 16.3. The average molecular weight is 375 g/mol. The Morgan fingerprint density at radius 2 is 2.08 bits per heavy atom. The number of thiophene rings is 1. The van der Waals surface area contributed by atoms with E-state index in [1.807, 2.05) is 54.5 Å². The van der Waals surface area contributed by atoms with Crippen LogP contribution in [0.25, 0.3) is 0 Å². The van der Waals surface area contributed by atoms with Gasteiger partial charge in [0.15, 0.2) is 0 Å². The Labute approximate surface area is 159 Å². The van der Waals surface area contributed by atoms with Crippen LogP contribution in [0.15, 0.2) is 41.8 Å². The summed E-state index contributed by atoms with van der Waals surface area (Å²) >= 11 is 1.41. The molecule has 1 aromatic heterocycles. The van der Waals surface area contributed by atoms with E-state index < -0.39 is 0 Å². The van der Waals surface area contributed by atoms with Crippen molar-refractivity contribution >= 4 is 23.2 Å². The van der Waals surface area contributed by atoms with Gasteiger partial charge in [0.1, 0.15) is 5.75 Å². The van der Waals surface area contributed by atoms with E-state index in [9.17, 15) is 9.59 Å². The van der Waals surface area contributed by atoms with Gasteiger partial charge in [-0.2, -0.15) is 0 Å². The highest BCUT2D eigenvalue weighted by Crippen LogP contribution is 2.24. The lowest BCUT2D eigenvalue weighted by Crippen LogP contribution is -2.34. The van der Waals surface area contributed by atoms with Crippen LogP contribution in [0.2, 0.25) is 0 Å². The van der Waals surface area contributed by atoms with E-state index in [4.69, 9.17) is 4.74 Å². The van der Waals surface area contributed by atoms with E-state index in [1.165, 1.54) is 11.3 Å². The third-order valence-corrected chi connectivity index (χ3v) is 5.17. The fourth-order valence-corrected chi connectivity index (χ4v) is 3.47. The number of methoxy groups -OCH3 is 1. The molecule has 0 radical (unpaired) electrons. The molecule has 1 N–H and O–H groups in total. The number of carbonyl (C=O) groups excluding carboxylic acids is 2. The van der Waals surface area contributed by atoms with Crippen LogP contribution in [-0.4, -0.2) is 36.9 Å². The van der Waals surface area contributed by atoms with Crippen molar-refractivity contribution in [1.29, 1.82) is 0 Å². The number of rotatable bonds is 9. The van der Waals surface area contributed by atoms with Gasteiger partial charge >= 0.3 is 0 Å². The molecule has 1 unspecified atom stereocenters. The number of hydrogen-bond donors (Lipinski definition) is 1. The molecule has 0 bridgehead atoms. The molecule has 140 valence electrons. The first-order chi connectivity index (χ1) is 12.6. The van der Waals surface area contributed by atoms with Gasteiger partial charge in [0.2, 0.25) is 5.91 Å². The highest BCUT2D eigenvalue weighted by molar-refractivity contribution is 7.12. The van der Waals surface area contributed by atoms with Gasteiger partial charge in [0.25, 0.3) is 5.91 Å². The maximum absolute atomic E-state index is 12.6. The summed E-state index contributed by atoms with van der Waals surface area (Å²) in [6, 6.07) is 11.4. The molecule has 0 saturated carbocycles. The predicted octanol–water partition coefficient (Wildman–Crippen LogP) is 3.88. The molecule has 2 aromatic rings. The molecule has 26 heavy (non-hydrogen) atoms. The summed E-state index contributed by atoms with van der Waals surface area (Å²) in [6.07, 6.45) is 1.03. The summed E-state index contributed by atoms with van der Waals surface area (Å²) in [6.45, 7) is 5.13. The molecule has 2 rings (SSSR count). The molecule has 0 aliphatic rings. The molecule has 1 aromatic carbocycles.